The Kier molecular flexibility index (Phi) is 4.98. The number of hydrogen-bond acceptors (Lipinski definition) is 2. The van der Waals surface area contributed by atoms with Gasteiger partial charge in [-0.1, -0.05) is 26.8 Å². The lowest BCUT2D eigenvalue weighted by Crippen LogP contribution is -2.40. The number of pyridine rings is 1. The highest BCUT2D eigenvalue weighted by molar-refractivity contribution is 5.06. The van der Waals surface area contributed by atoms with Crippen LogP contribution in [0.2, 0.25) is 0 Å². The summed E-state index contributed by atoms with van der Waals surface area (Å²) in [6, 6.07) is 6.83. The van der Waals surface area contributed by atoms with Gasteiger partial charge in [-0.15, -0.1) is 0 Å². The first-order chi connectivity index (χ1) is 9.11. The van der Waals surface area contributed by atoms with Gasteiger partial charge in [-0.3, -0.25) is 4.98 Å². The van der Waals surface area contributed by atoms with Crippen LogP contribution >= 0.6 is 0 Å². The summed E-state index contributed by atoms with van der Waals surface area (Å²) in [7, 11) is 0. The standard InChI is InChI=1S/C17H28N2/c1-4-18-16(13-15-7-5-6-12-19-15)14-8-10-17(2,3)11-9-14/h5-7,12,14,16,18H,4,8-11,13H2,1-3H3. The van der Waals surface area contributed by atoms with Gasteiger partial charge in [-0.25, -0.2) is 0 Å². The number of nitrogens with one attached hydrogen (secondary N) is 1. The molecule has 1 aromatic rings. The van der Waals surface area contributed by atoms with E-state index in [1.54, 1.807) is 0 Å². The van der Waals surface area contributed by atoms with Gasteiger partial charge in [0.1, 0.15) is 0 Å². The predicted molar refractivity (Wildman–Crippen MR) is 81.1 cm³/mol. The van der Waals surface area contributed by atoms with Crippen molar-refractivity contribution in [2.75, 3.05) is 6.54 Å². The van der Waals surface area contributed by atoms with Crippen molar-refractivity contribution in [3.8, 4) is 0 Å². The first-order valence-corrected chi connectivity index (χ1v) is 7.74. The van der Waals surface area contributed by atoms with Crippen LogP contribution in [0.5, 0.6) is 0 Å². The Balaban J connectivity index is 1.96. The molecule has 2 heteroatoms. The molecule has 0 spiro atoms. The van der Waals surface area contributed by atoms with Gasteiger partial charge in [0.2, 0.25) is 0 Å². The van der Waals surface area contributed by atoms with E-state index < -0.39 is 0 Å². The Bertz CT molecular complexity index is 362. The smallest absolute Gasteiger partial charge is 0.0419 e. The van der Waals surface area contributed by atoms with E-state index in [1.807, 2.05) is 12.3 Å². The molecule has 1 aliphatic carbocycles. The van der Waals surface area contributed by atoms with Crippen LogP contribution in [0.4, 0.5) is 0 Å². The van der Waals surface area contributed by atoms with Crippen LogP contribution < -0.4 is 5.32 Å². The van der Waals surface area contributed by atoms with Crippen LogP contribution in [0.3, 0.4) is 0 Å². The molecule has 1 fully saturated rings. The van der Waals surface area contributed by atoms with Gasteiger partial charge in [0.05, 0.1) is 0 Å². The van der Waals surface area contributed by atoms with Gasteiger partial charge in [-0.2, -0.15) is 0 Å². The van der Waals surface area contributed by atoms with E-state index in [0.29, 0.717) is 11.5 Å². The van der Waals surface area contributed by atoms with Crippen molar-refractivity contribution in [1.29, 1.82) is 0 Å². The van der Waals surface area contributed by atoms with Gasteiger partial charge < -0.3 is 5.32 Å². The molecular formula is C17H28N2. The normalized spacial score (nSPS) is 21.2. The zero-order valence-corrected chi connectivity index (χ0v) is 12.7. The first-order valence-electron chi connectivity index (χ1n) is 7.74. The topological polar surface area (TPSA) is 24.9 Å². The average molecular weight is 260 g/mol. The van der Waals surface area contributed by atoms with Crippen molar-refractivity contribution in [2.24, 2.45) is 11.3 Å². The Hall–Kier alpha value is -0.890. The number of aromatic nitrogens is 1. The predicted octanol–water partition coefficient (Wildman–Crippen LogP) is 3.82. The zero-order chi connectivity index (χ0) is 13.7. The molecule has 1 heterocycles. The van der Waals surface area contributed by atoms with Crippen LogP contribution in [0.1, 0.15) is 52.1 Å². The van der Waals surface area contributed by atoms with Crippen molar-refractivity contribution >= 4 is 0 Å². The second kappa shape index (κ2) is 6.51. The third-order valence-corrected chi connectivity index (χ3v) is 4.57. The van der Waals surface area contributed by atoms with Crippen LogP contribution in [-0.2, 0) is 6.42 Å². The van der Waals surface area contributed by atoms with Crippen LogP contribution in [-0.4, -0.2) is 17.6 Å². The van der Waals surface area contributed by atoms with Gasteiger partial charge in [-0.05, 0) is 55.7 Å². The zero-order valence-electron chi connectivity index (χ0n) is 12.7. The summed E-state index contributed by atoms with van der Waals surface area (Å²) >= 11 is 0. The highest BCUT2D eigenvalue weighted by atomic mass is 14.9. The average Bonchev–Trinajstić information content (AvgIpc) is 2.39. The molecule has 1 aromatic heterocycles. The molecular weight excluding hydrogens is 232 g/mol. The summed E-state index contributed by atoms with van der Waals surface area (Å²) in [5, 5.41) is 3.69. The molecule has 1 N–H and O–H groups in total. The molecule has 0 aliphatic heterocycles. The van der Waals surface area contributed by atoms with Gasteiger partial charge in [0, 0.05) is 24.4 Å². The Morgan fingerprint density at radius 2 is 2.05 bits per heavy atom. The minimum absolute atomic E-state index is 0.554. The summed E-state index contributed by atoms with van der Waals surface area (Å²) in [4.78, 5) is 4.48. The fraction of sp³-hybridized carbons (Fsp3) is 0.706. The Labute approximate surface area is 118 Å². The number of hydrogen-bond donors (Lipinski definition) is 1. The minimum Gasteiger partial charge on any atom is -0.314 e. The lowest BCUT2D eigenvalue weighted by molar-refractivity contribution is 0.161. The lowest BCUT2D eigenvalue weighted by atomic mass is 9.70. The molecule has 1 atom stereocenters. The minimum atomic E-state index is 0.554. The molecule has 1 aliphatic rings. The Morgan fingerprint density at radius 3 is 2.63 bits per heavy atom. The molecule has 0 aromatic carbocycles. The van der Waals surface area contributed by atoms with E-state index in [4.69, 9.17) is 0 Å². The van der Waals surface area contributed by atoms with E-state index in [2.05, 4.69) is 43.2 Å². The molecule has 106 valence electrons. The van der Waals surface area contributed by atoms with E-state index in [1.165, 1.54) is 31.4 Å². The molecule has 19 heavy (non-hydrogen) atoms. The lowest BCUT2D eigenvalue weighted by Gasteiger charge is -2.38. The summed E-state index contributed by atoms with van der Waals surface area (Å²) < 4.78 is 0. The van der Waals surface area contributed by atoms with Gasteiger partial charge >= 0.3 is 0 Å². The SMILES string of the molecule is CCNC(Cc1ccccn1)C1CCC(C)(C)CC1. The van der Waals surface area contributed by atoms with Gasteiger partial charge in [0.25, 0.3) is 0 Å². The molecule has 1 unspecified atom stereocenters. The number of rotatable bonds is 5. The number of nitrogens with zero attached hydrogens (tertiary/aromatic N) is 1. The van der Waals surface area contributed by atoms with Crippen molar-refractivity contribution in [3.05, 3.63) is 30.1 Å². The van der Waals surface area contributed by atoms with Crippen LogP contribution in [0, 0.1) is 11.3 Å². The van der Waals surface area contributed by atoms with Crippen molar-refractivity contribution in [1.82, 2.24) is 10.3 Å². The molecule has 0 radical (unpaired) electrons. The maximum Gasteiger partial charge on any atom is 0.0419 e. The Morgan fingerprint density at radius 1 is 1.32 bits per heavy atom. The van der Waals surface area contributed by atoms with E-state index in [0.717, 1.165) is 18.9 Å². The molecule has 2 nitrogen and oxygen atoms in total. The van der Waals surface area contributed by atoms with Crippen LogP contribution in [0.25, 0.3) is 0 Å². The summed E-state index contributed by atoms with van der Waals surface area (Å²) in [6.45, 7) is 8.07. The van der Waals surface area contributed by atoms with E-state index in [9.17, 15) is 0 Å². The maximum atomic E-state index is 4.48. The largest absolute Gasteiger partial charge is 0.314 e. The molecule has 0 bridgehead atoms. The van der Waals surface area contributed by atoms with Crippen LogP contribution in [0.15, 0.2) is 24.4 Å². The first kappa shape index (κ1) is 14.5. The van der Waals surface area contributed by atoms with Crippen molar-refractivity contribution in [3.63, 3.8) is 0 Å². The maximum absolute atomic E-state index is 4.48. The van der Waals surface area contributed by atoms with Crippen molar-refractivity contribution in [2.45, 2.75) is 58.9 Å². The quantitative estimate of drug-likeness (QED) is 0.870. The molecule has 0 saturated heterocycles. The highest BCUT2D eigenvalue weighted by Gasteiger charge is 2.31. The third-order valence-electron chi connectivity index (χ3n) is 4.57. The van der Waals surface area contributed by atoms with Gasteiger partial charge in [0.15, 0.2) is 0 Å². The third kappa shape index (κ3) is 4.31. The molecule has 2 rings (SSSR count). The fourth-order valence-electron chi connectivity index (χ4n) is 3.24. The summed E-state index contributed by atoms with van der Waals surface area (Å²) in [6.07, 6.45) is 8.42. The second-order valence-electron chi connectivity index (χ2n) is 6.69. The molecule has 1 saturated carbocycles. The highest BCUT2D eigenvalue weighted by Crippen LogP contribution is 2.39. The van der Waals surface area contributed by atoms with E-state index in [-0.39, 0.29) is 0 Å². The van der Waals surface area contributed by atoms with E-state index >= 15 is 0 Å². The molecule has 0 amide bonds. The van der Waals surface area contributed by atoms with Crippen molar-refractivity contribution < 1.29 is 0 Å². The summed E-state index contributed by atoms with van der Waals surface area (Å²) in [5.41, 5.74) is 1.77. The fourth-order valence-corrected chi connectivity index (χ4v) is 3.24. The second-order valence-corrected chi connectivity index (χ2v) is 6.69. The number of likely N-dealkylation sites (N-methyl/N-ethyl adjacent to an activating group) is 1. The summed E-state index contributed by atoms with van der Waals surface area (Å²) in [5.74, 6) is 0.815. The monoisotopic (exact) mass is 260 g/mol.